The third-order valence-electron chi connectivity index (χ3n) is 3.17. The van der Waals surface area contributed by atoms with Gasteiger partial charge in [-0.3, -0.25) is 4.98 Å². The number of alkyl carbamates (subject to hydrolysis) is 1. The molecule has 0 spiro atoms. The van der Waals surface area contributed by atoms with Crippen LogP contribution in [0.25, 0.3) is 6.08 Å². The first kappa shape index (κ1) is 15.8. The predicted molar refractivity (Wildman–Crippen MR) is 87.3 cm³/mol. The van der Waals surface area contributed by atoms with Crippen LogP contribution in [-0.2, 0) is 11.3 Å². The molecule has 2 aromatic rings. The van der Waals surface area contributed by atoms with E-state index in [2.05, 4.69) is 10.3 Å². The molecule has 2 rings (SSSR count). The van der Waals surface area contributed by atoms with Crippen molar-refractivity contribution >= 4 is 12.2 Å². The van der Waals surface area contributed by atoms with E-state index in [-0.39, 0.29) is 6.61 Å². The topological polar surface area (TPSA) is 51.2 Å². The zero-order chi connectivity index (χ0) is 15.6. The summed E-state index contributed by atoms with van der Waals surface area (Å²) in [4.78, 5) is 15.6. The Morgan fingerprint density at radius 1 is 1.27 bits per heavy atom. The molecule has 114 valence electrons. The Labute approximate surface area is 130 Å². The highest BCUT2D eigenvalue weighted by atomic mass is 16.5. The Balaban J connectivity index is 1.64. The van der Waals surface area contributed by atoms with E-state index >= 15 is 0 Å². The molecule has 4 nitrogen and oxygen atoms in total. The van der Waals surface area contributed by atoms with E-state index in [0.717, 1.165) is 17.5 Å². The second kappa shape index (κ2) is 8.62. The molecule has 0 unspecified atom stereocenters. The lowest BCUT2D eigenvalue weighted by molar-refractivity contribution is 0.140. The lowest BCUT2D eigenvalue weighted by atomic mass is 10.1. The second-order valence-electron chi connectivity index (χ2n) is 4.91. The Kier molecular flexibility index (Phi) is 6.18. The Morgan fingerprint density at radius 3 is 2.86 bits per heavy atom. The number of pyridine rings is 1. The summed E-state index contributed by atoms with van der Waals surface area (Å²) in [5.74, 6) is 0. The van der Waals surface area contributed by atoms with Gasteiger partial charge in [-0.05, 0) is 36.1 Å². The number of carbonyl (C=O) groups is 1. The number of ether oxygens (including phenoxy) is 1. The summed E-state index contributed by atoms with van der Waals surface area (Å²) in [5, 5.41) is 2.73. The van der Waals surface area contributed by atoms with E-state index in [4.69, 9.17) is 4.74 Å². The molecule has 1 amide bonds. The van der Waals surface area contributed by atoms with Crippen LogP contribution in [0.15, 0.2) is 54.9 Å². The maximum Gasteiger partial charge on any atom is 0.407 e. The van der Waals surface area contributed by atoms with E-state index in [1.807, 2.05) is 61.7 Å². The molecule has 0 fully saturated rings. The van der Waals surface area contributed by atoms with Crippen LogP contribution >= 0.6 is 0 Å². The number of nitrogens with zero attached hydrogens (tertiary/aromatic N) is 1. The first-order chi connectivity index (χ1) is 10.8. The van der Waals surface area contributed by atoms with Gasteiger partial charge in [-0.15, -0.1) is 0 Å². The van der Waals surface area contributed by atoms with Crippen molar-refractivity contribution in [3.8, 4) is 0 Å². The first-order valence-corrected chi connectivity index (χ1v) is 7.27. The number of aromatic nitrogens is 1. The van der Waals surface area contributed by atoms with Crippen LogP contribution in [0, 0.1) is 6.92 Å². The number of hydrogen-bond donors (Lipinski definition) is 1. The van der Waals surface area contributed by atoms with Crippen molar-refractivity contribution in [3.05, 3.63) is 71.6 Å². The maximum absolute atomic E-state index is 11.5. The molecular weight excluding hydrogens is 276 g/mol. The van der Waals surface area contributed by atoms with Gasteiger partial charge in [0.1, 0.15) is 6.61 Å². The number of hydrogen-bond acceptors (Lipinski definition) is 3. The average Bonchev–Trinajstić information content (AvgIpc) is 2.55. The van der Waals surface area contributed by atoms with Crippen molar-refractivity contribution in [2.24, 2.45) is 0 Å². The van der Waals surface area contributed by atoms with Gasteiger partial charge in [-0.2, -0.15) is 0 Å². The van der Waals surface area contributed by atoms with Gasteiger partial charge in [0.25, 0.3) is 0 Å². The molecular formula is C18H20N2O2. The zero-order valence-corrected chi connectivity index (χ0v) is 12.7. The van der Waals surface area contributed by atoms with Gasteiger partial charge in [0.15, 0.2) is 0 Å². The Bertz CT molecular complexity index is 624. The van der Waals surface area contributed by atoms with E-state index in [9.17, 15) is 4.79 Å². The zero-order valence-electron chi connectivity index (χ0n) is 12.7. The highest BCUT2D eigenvalue weighted by Gasteiger charge is 2.00. The molecule has 1 heterocycles. The van der Waals surface area contributed by atoms with Gasteiger partial charge in [0.2, 0.25) is 0 Å². The van der Waals surface area contributed by atoms with Gasteiger partial charge in [-0.25, -0.2) is 4.79 Å². The van der Waals surface area contributed by atoms with Gasteiger partial charge in [0, 0.05) is 18.9 Å². The Morgan fingerprint density at radius 2 is 2.09 bits per heavy atom. The third-order valence-corrected chi connectivity index (χ3v) is 3.17. The first-order valence-electron chi connectivity index (χ1n) is 7.27. The number of carbonyl (C=O) groups excluding carboxylic acids is 1. The molecule has 0 saturated carbocycles. The van der Waals surface area contributed by atoms with E-state index in [0.29, 0.717) is 6.54 Å². The molecule has 0 atom stereocenters. The van der Waals surface area contributed by atoms with Gasteiger partial charge in [-0.1, -0.05) is 42.5 Å². The molecule has 0 aliphatic carbocycles. The van der Waals surface area contributed by atoms with Crippen molar-refractivity contribution in [3.63, 3.8) is 0 Å². The minimum absolute atomic E-state index is 0.289. The number of benzene rings is 1. The molecule has 0 saturated heterocycles. The van der Waals surface area contributed by atoms with Crippen LogP contribution in [0.1, 0.15) is 23.1 Å². The molecule has 1 aromatic heterocycles. The Hall–Kier alpha value is -2.62. The van der Waals surface area contributed by atoms with Crippen LogP contribution in [0.3, 0.4) is 0 Å². The van der Waals surface area contributed by atoms with Gasteiger partial charge >= 0.3 is 6.09 Å². The summed E-state index contributed by atoms with van der Waals surface area (Å²) in [5.41, 5.74) is 3.25. The van der Waals surface area contributed by atoms with Crippen molar-refractivity contribution in [1.29, 1.82) is 0 Å². The largest absolute Gasteiger partial charge is 0.445 e. The number of nitrogens with one attached hydrogen (secondary N) is 1. The smallest absolute Gasteiger partial charge is 0.407 e. The number of rotatable bonds is 6. The number of aryl methyl sites for hydroxylation is 1. The van der Waals surface area contributed by atoms with Gasteiger partial charge < -0.3 is 10.1 Å². The molecule has 0 radical (unpaired) electrons. The van der Waals surface area contributed by atoms with Crippen LogP contribution in [0.2, 0.25) is 0 Å². The fourth-order valence-corrected chi connectivity index (χ4v) is 1.89. The fraction of sp³-hybridized carbons (Fsp3) is 0.222. The summed E-state index contributed by atoms with van der Waals surface area (Å²) in [6, 6.07) is 11.6. The summed E-state index contributed by atoms with van der Waals surface area (Å²) < 4.78 is 5.13. The molecule has 0 aliphatic heterocycles. The summed E-state index contributed by atoms with van der Waals surface area (Å²) in [7, 11) is 0. The maximum atomic E-state index is 11.5. The van der Waals surface area contributed by atoms with Crippen molar-refractivity contribution in [2.75, 3.05) is 6.54 Å². The van der Waals surface area contributed by atoms with Crippen LogP contribution < -0.4 is 5.32 Å². The van der Waals surface area contributed by atoms with Crippen molar-refractivity contribution < 1.29 is 9.53 Å². The second-order valence-corrected chi connectivity index (χ2v) is 4.91. The van der Waals surface area contributed by atoms with E-state index < -0.39 is 6.09 Å². The molecule has 1 aromatic carbocycles. The fourth-order valence-electron chi connectivity index (χ4n) is 1.89. The summed E-state index contributed by atoms with van der Waals surface area (Å²) in [6.07, 6.45) is 7.98. The molecule has 0 aliphatic rings. The monoisotopic (exact) mass is 296 g/mol. The SMILES string of the molecule is Cc1ccncc1C=CCCNC(=O)OCc1ccccc1. The lowest BCUT2D eigenvalue weighted by Crippen LogP contribution is -2.24. The average molecular weight is 296 g/mol. The van der Waals surface area contributed by atoms with E-state index in [1.54, 1.807) is 6.20 Å². The number of amides is 1. The predicted octanol–water partition coefficient (Wildman–Crippen LogP) is 3.72. The van der Waals surface area contributed by atoms with Crippen LogP contribution in [0.4, 0.5) is 4.79 Å². The molecule has 0 bridgehead atoms. The van der Waals surface area contributed by atoms with Crippen molar-refractivity contribution in [2.45, 2.75) is 20.0 Å². The highest BCUT2D eigenvalue weighted by Crippen LogP contribution is 2.07. The van der Waals surface area contributed by atoms with Gasteiger partial charge in [0.05, 0.1) is 0 Å². The highest BCUT2D eigenvalue weighted by molar-refractivity contribution is 5.67. The lowest BCUT2D eigenvalue weighted by Gasteiger charge is -2.06. The third kappa shape index (κ3) is 5.40. The molecule has 4 heteroatoms. The van der Waals surface area contributed by atoms with Crippen LogP contribution in [0.5, 0.6) is 0 Å². The minimum atomic E-state index is -0.394. The molecule has 1 N–H and O–H groups in total. The molecule has 22 heavy (non-hydrogen) atoms. The van der Waals surface area contributed by atoms with Crippen LogP contribution in [-0.4, -0.2) is 17.6 Å². The van der Waals surface area contributed by atoms with E-state index in [1.165, 1.54) is 5.56 Å². The standard InChI is InChI=1S/C18H20N2O2/c1-15-10-12-19-13-17(15)9-5-6-11-20-18(21)22-14-16-7-3-2-4-8-16/h2-5,7-10,12-13H,6,11,14H2,1H3,(H,20,21). The summed E-state index contributed by atoms with van der Waals surface area (Å²) >= 11 is 0. The minimum Gasteiger partial charge on any atom is -0.445 e. The normalized spacial score (nSPS) is 10.6. The quantitative estimate of drug-likeness (QED) is 0.827. The van der Waals surface area contributed by atoms with Crippen molar-refractivity contribution in [1.82, 2.24) is 10.3 Å². The summed E-state index contributed by atoms with van der Waals surface area (Å²) in [6.45, 7) is 2.88.